The summed E-state index contributed by atoms with van der Waals surface area (Å²) in [5.74, 6) is 0.812. The zero-order valence-electron chi connectivity index (χ0n) is 18.6. The van der Waals surface area contributed by atoms with E-state index in [9.17, 15) is 9.18 Å². The van der Waals surface area contributed by atoms with Crippen LogP contribution in [0.3, 0.4) is 0 Å². The molecule has 2 aromatic carbocycles. The van der Waals surface area contributed by atoms with Crippen molar-refractivity contribution in [2.75, 3.05) is 31.1 Å². The standard InChI is InChI=1S/C24H29FN4O2/c1-5-29-22(27-11-13-28(14-12-27)23(30)31-24(2,3)4)20-10-9-18(16-21(20)26-29)17-7-6-8-19(25)15-17/h6-10,15-16H,5,11-14H2,1-4H3. The summed E-state index contributed by atoms with van der Waals surface area (Å²) in [5, 5.41) is 5.86. The van der Waals surface area contributed by atoms with Gasteiger partial charge in [0.1, 0.15) is 17.2 Å². The lowest BCUT2D eigenvalue weighted by Crippen LogP contribution is -2.50. The minimum Gasteiger partial charge on any atom is -0.444 e. The van der Waals surface area contributed by atoms with Gasteiger partial charge in [0.05, 0.1) is 5.52 Å². The van der Waals surface area contributed by atoms with E-state index in [1.807, 2.05) is 43.7 Å². The first-order valence-corrected chi connectivity index (χ1v) is 10.7. The lowest BCUT2D eigenvalue weighted by molar-refractivity contribution is 0.0240. The number of ether oxygens (including phenoxy) is 1. The molecule has 0 bridgehead atoms. The second kappa shape index (κ2) is 8.21. The van der Waals surface area contributed by atoms with Gasteiger partial charge in [-0.25, -0.2) is 13.9 Å². The number of hydrogen-bond donors (Lipinski definition) is 0. The summed E-state index contributed by atoms with van der Waals surface area (Å²) in [6, 6.07) is 12.7. The first-order chi connectivity index (χ1) is 14.7. The number of piperazine rings is 1. The highest BCUT2D eigenvalue weighted by molar-refractivity contribution is 5.93. The van der Waals surface area contributed by atoms with E-state index in [4.69, 9.17) is 9.84 Å². The molecule has 7 heteroatoms. The average Bonchev–Trinajstić information content (AvgIpc) is 3.10. The maximum Gasteiger partial charge on any atom is 0.410 e. The molecule has 1 saturated heterocycles. The molecule has 1 amide bonds. The molecule has 164 valence electrons. The fourth-order valence-electron chi connectivity index (χ4n) is 3.95. The Bertz CT molecular complexity index is 1090. The number of halogens is 1. The Kier molecular flexibility index (Phi) is 5.60. The molecular formula is C24H29FN4O2. The molecule has 0 spiro atoms. The summed E-state index contributed by atoms with van der Waals surface area (Å²) < 4.78 is 21.2. The number of nitrogens with zero attached hydrogens (tertiary/aromatic N) is 4. The van der Waals surface area contributed by atoms with Gasteiger partial charge in [-0.3, -0.25) is 0 Å². The SMILES string of the molecule is CCn1nc2cc(-c3cccc(F)c3)ccc2c1N1CCN(C(=O)OC(C)(C)C)CC1. The monoisotopic (exact) mass is 424 g/mol. The third-order valence-electron chi connectivity index (χ3n) is 5.40. The van der Waals surface area contributed by atoms with Gasteiger partial charge in [0.25, 0.3) is 0 Å². The largest absolute Gasteiger partial charge is 0.444 e. The van der Waals surface area contributed by atoms with Gasteiger partial charge in [-0.15, -0.1) is 0 Å². The first kappa shape index (κ1) is 21.2. The molecule has 0 radical (unpaired) electrons. The van der Waals surface area contributed by atoms with Gasteiger partial charge in [-0.1, -0.05) is 18.2 Å². The number of aryl methyl sites for hydroxylation is 1. The second-order valence-corrected chi connectivity index (χ2v) is 8.84. The summed E-state index contributed by atoms with van der Waals surface area (Å²) in [4.78, 5) is 16.4. The molecule has 1 fully saturated rings. The molecule has 1 aliphatic heterocycles. The van der Waals surface area contributed by atoms with Crippen molar-refractivity contribution < 1.29 is 13.9 Å². The van der Waals surface area contributed by atoms with E-state index in [0.717, 1.165) is 34.4 Å². The third kappa shape index (κ3) is 4.50. The number of carbonyl (C=O) groups excluding carboxylic acids is 1. The van der Waals surface area contributed by atoms with Crippen molar-refractivity contribution in [2.45, 2.75) is 39.8 Å². The molecule has 0 aliphatic carbocycles. The number of aromatic nitrogens is 2. The van der Waals surface area contributed by atoms with Crippen molar-refractivity contribution in [2.24, 2.45) is 0 Å². The van der Waals surface area contributed by atoms with Crippen LogP contribution in [0.25, 0.3) is 22.0 Å². The molecule has 0 atom stereocenters. The minimum atomic E-state index is -0.495. The molecule has 4 rings (SSSR count). The van der Waals surface area contributed by atoms with Crippen LogP contribution in [0, 0.1) is 5.82 Å². The predicted octanol–water partition coefficient (Wildman–Crippen LogP) is 4.92. The highest BCUT2D eigenvalue weighted by atomic mass is 19.1. The average molecular weight is 425 g/mol. The highest BCUT2D eigenvalue weighted by Gasteiger charge is 2.28. The molecular weight excluding hydrogens is 395 g/mol. The van der Waals surface area contributed by atoms with Gasteiger partial charge < -0.3 is 14.5 Å². The van der Waals surface area contributed by atoms with E-state index in [2.05, 4.69) is 17.9 Å². The van der Waals surface area contributed by atoms with Gasteiger partial charge in [-0.2, -0.15) is 5.10 Å². The number of anilines is 1. The van der Waals surface area contributed by atoms with E-state index >= 15 is 0 Å². The molecule has 6 nitrogen and oxygen atoms in total. The number of amides is 1. The zero-order valence-corrected chi connectivity index (χ0v) is 18.6. The van der Waals surface area contributed by atoms with Crippen molar-refractivity contribution >= 4 is 22.8 Å². The van der Waals surface area contributed by atoms with Crippen LogP contribution in [0.1, 0.15) is 27.7 Å². The molecule has 31 heavy (non-hydrogen) atoms. The Hall–Kier alpha value is -3.09. The van der Waals surface area contributed by atoms with Crippen molar-refractivity contribution in [1.82, 2.24) is 14.7 Å². The number of benzene rings is 2. The minimum absolute atomic E-state index is 0.250. The molecule has 0 saturated carbocycles. The van der Waals surface area contributed by atoms with Crippen molar-refractivity contribution in [1.29, 1.82) is 0 Å². The van der Waals surface area contributed by atoms with Crippen LogP contribution in [0.15, 0.2) is 42.5 Å². The Labute approximate surface area is 182 Å². The Morgan fingerprint density at radius 1 is 1.06 bits per heavy atom. The van der Waals surface area contributed by atoms with Crippen LogP contribution in [0.4, 0.5) is 15.0 Å². The topological polar surface area (TPSA) is 50.6 Å². The zero-order chi connectivity index (χ0) is 22.2. The smallest absolute Gasteiger partial charge is 0.410 e. The Morgan fingerprint density at radius 3 is 2.42 bits per heavy atom. The van der Waals surface area contributed by atoms with Gasteiger partial charge in [-0.05, 0) is 63.1 Å². The van der Waals surface area contributed by atoms with Gasteiger partial charge in [0.15, 0.2) is 0 Å². The number of fused-ring (bicyclic) bond motifs is 1. The summed E-state index contributed by atoms with van der Waals surface area (Å²) in [5.41, 5.74) is 2.16. The van der Waals surface area contributed by atoms with Crippen LogP contribution in [-0.2, 0) is 11.3 Å². The predicted molar refractivity (Wildman–Crippen MR) is 121 cm³/mol. The molecule has 2 heterocycles. The first-order valence-electron chi connectivity index (χ1n) is 10.7. The van der Waals surface area contributed by atoms with Crippen LogP contribution in [0.5, 0.6) is 0 Å². The van der Waals surface area contributed by atoms with Gasteiger partial charge in [0, 0.05) is 38.1 Å². The van der Waals surface area contributed by atoms with E-state index in [0.29, 0.717) is 26.2 Å². The molecule has 0 unspecified atom stereocenters. The number of carbonyl (C=O) groups is 1. The molecule has 1 aliphatic rings. The maximum atomic E-state index is 13.6. The third-order valence-corrected chi connectivity index (χ3v) is 5.40. The quantitative estimate of drug-likeness (QED) is 0.599. The van der Waals surface area contributed by atoms with Gasteiger partial charge in [0.2, 0.25) is 0 Å². The normalized spacial score (nSPS) is 14.9. The number of hydrogen-bond acceptors (Lipinski definition) is 4. The Morgan fingerprint density at radius 2 is 1.77 bits per heavy atom. The maximum absolute atomic E-state index is 13.6. The molecule has 3 aromatic rings. The summed E-state index contributed by atoms with van der Waals surface area (Å²) in [6.07, 6.45) is -0.263. The van der Waals surface area contributed by atoms with E-state index in [1.165, 1.54) is 12.1 Å². The Balaban J connectivity index is 1.57. The summed E-state index contributed by atoms with van der Waals surface area (Å²) in [7, 11) is 0. The van der Waals surface area contributed by atoms with Crippen LogP contribution in [0.2, 0.25) is 0 Å². The highest BCUT2D eigenvalue weighted by Crippen LogP contribution is 2.32. The van der Waals surface area contributed by atoms with Crippen LogP contribution < -0.4 is 4.90 Å². The molecule has 1 aromatic heterocycles. The van der Waals surface area contributed by atoms with E-state index < -0.39 is 5.60 Å². The van der Waals surface area contributed by atoms with Crippen molar-refractivity contribution in [3.63, 3.8) is 0 Å². The van der Waals surface area contributed by atoms with Crippen LogP contribution in [-0.4, -0.2) is 52.6 Å². The van der Waals surface area contributed by atoms with Crippen LogP contribution >= 0.6 is 0 Å². The van der Waals surface area contributed by atoms with Crippen molar-refractivity contribution in [3.8, 4) is 11.1 Å². The fourth-order valence-corrected chi connectivity index (χ4v) is 3.95. The fraction of sp³-hybridized carbons (Fsp3) is 0.417. The van der Waals surface area contributed by atoms with E-state index in [-0.39, 0.29) is 11.9 Å². The second-order valence-electron chi connectivity index (χ2n) is 8.84. The summed E-state index contributed by atoms with van der Waals surface area (Å²) >= 11 is 0. The van der Waals surface area contributed by atoms with Gasteiger partial charge >= 0.3 is 6.09 Å². The molecule has 0 N–H and O–H groups in total. The van der Waals surface area contributed by atoms with E-state index in [1.54, 1.807) is 11.0 Å². The summed E-state index contributed by atoms with van der Waals surface area (Å²) in [6.45, 7) is 11.1. The lowest BCUT2D eigenvalue weighted by Gasteiger charge is -2.36. The lowest BCUT2D eigenvalue weighted by atomic mass is 10.0. The van der Waals surface area contributed by atoms with Crippen molar-refractivity contribution in [3.05, 3.63) is 48.3 Å². The number of rotatable bonds is 3.